The van der Waals surface area contributed by atoms with Crippen molar-refractivity contribution in [2.24, 2.45) is 5.92 Å². The third-order valence-electron chi connectivity index (χ3n) is 7.01. The first kappa shape index (κ1) is 20.9. The van der Waals surface area contributed by atoms with Crippen LogP contribution in [0.1, 0.15) is 61.3 Å². The zero-order chi connectivity index (χ0) is 21.1. The normalized spacial score (nSPS) is 18.6. The molecular weight excluding hydrogens is 376 g/mol. The van der Waals surface area contributed by atoms with Crippen LogP contribution in [0, 0.1) is 19.8 Å². The van der Waals surface area contributed by atoms with Gasteiger partial charge in [-0.2, -0.15) is 5.10 Å². The highest BCUT2D eigenvalue weighted by Gasteiger charge is 2.26. The van der Waals surface area contributed by atoms with Crippen LogP contribution < -0.4 is 10.1 Å². The second-order valence-corrected chi connectivity index (χ2v) is 8.82. The Balaban J connectivity index is 1.35. The predicted molar refractivity (Wildman–Crippen MR) is 119 cm³/mol. The number of methoxy groups -OCH3 is 1. The van der Waals surface area contributed by atoms with Crippen LogP contribution >= 0.6 is 0 Å². The van der Waals surface area contributed by atoms with E-state index in [0.29, 0.717) is 6.04 Å². The highest BCUT2D eigenvalue weighted by atomic mass is 16.5. The molecule has 1 saturated heterocycles. The van der Waals surface area contributed by atoms with Crippen molar-refractivity contribution in [1.29, 1.82) is 0 Å². The Labute approximate surface area is 179 Å². The van der Waals surface area contributed by atoms with E-state index in [1.54, 1.807) is 13.3 Å². The fourth-order valence-electron chi connectivity index (χ4n) is 4.93. The minimum absolute atomic E-state index is 0.164. The summed E-state index contributed by atoms with van der Waals surface area (Å²) in [6, 6.07) is 6.54. The number of carbonyl (C=O) groups is 1. The quantitative estimate of drug-likeness (QED) is 0.763. The van der Waals surface area contributed by atoms with Crippen molar-refractivity contribution in [2.75, 3.05) is 25.5 Å². The van der Waals surface area contributed by atoms with Crippen LogP contribution in [-0.4, -0.2) is 40.8 Å². The molecule has 1 N–H and O–H groups in total. The Morgan fingerprint density at radius 2 is 1.83 bits per heavy atom. The summed E-state index contributed by atoms with van der Waals surface area (Å²) in [6.45, 7) is 7.34. The minimum Gasteiger partial charge on any atom is -0.496 e. The Morgan fingerprint density at radius 3 is 2.53 bits per heavy atom. The molecule has 162 valence electrons. The molecule has 1 saturated carbocycles. The Kier molecular flexibility index (Phi) is 6.42. The van der Waals surface area contributed by atoms with Crippen molar-refractivity contribution >= 4 is 11.7 Å². The maximum atomic E-state index is 12.5. The summed E-state index contributed by atoms with van der Waals surface area (Å²) in [6.07, 6.45) is 8.27. The molecule has 1 amide bonds. The molecule has 6 heteroatoms. The van der Waals surface area contributed by atoms with Crippen molar-refractivity contribution in [3.8, 4) is 5.75 Å². The van der Waals surface area contributed by atoms with Crippen molar-refractivity contribution in [3.05, 3.63) is 41.1 Å². The van der Waals surface area contributed by atoms with Crippen molar-refractivity contribution < 1.29 is 9.53 Å². The molecule has 0 bridgehead atoms. The Morgan fingerprint density at radius 1 is 1.10 bits per heavy atom. The van der Waals surface area contributed by atoms with E-state index in [1.165, 1.54) is 29.5 Å². The van der Waals surface area contributed by atoms with Crippen LogP contribution in [0.3, 0.4) is 0 Å². The van der Waals surface area contributed by atoms with E-state index in [2.05, 4.69) is 41.3 Å². The summed E-state index contributed by atoms with van der Waals surface area (Å²) >= 11 is 0. The fraction of sp³-hybridized carbons (Fsp3) is 0.583. The number of amides is 1. The van der Waals surface area contributed by atoms with Gasteiger partial charge in [0.05, 0.1) is 19.3 Å². The van der Waals surface area contributed by atoms with Gasteiger partial charge in [-0.25, -0.2) is 4.68 Å². The Bertz CT molecular complexity index is 877. The van der Waals surface area contributed by atoms with Gasteiger partial charge in [-0.1, -0.05) is 18.9 Å². The molecule has 2 aromatic rings. The van der Waals surface area contributed by atoms with E-state index in [9.17, 15) is 4.79 Å². The molecule has 0 atom stereocenters. The fourth-order valence-corrected chi connectivity index (χ4v) is 4.93. The molecule has 1 aromatic carbocycles. The zero-order valence-corrected chi connectivity index (χ0v) is 18.5. The zero-order valence-electron chi connectivity index (χ0n) is 18.5. The lowest BCUT2D eigenvalue weighted by molar-refractivity contribution is -0.119. The highest BCUT2D eigenvalue weighted by Crippen LogP contribution is 2.30. The van der Waals surface area contributed by atoms with Gasteiger partial charge in [0.25, 0.3) is 0 Å². The summed E-state index contributed by atoms with van der Waals surface area (Å²) < 4.78 is 7.48. The third kappa shape index (κ3) is 4.38. The summed E-state index contributed by atoms with van der Waals surface area (Å²) in [7, 11) is 1.73. The van der Waals surface area contributed by atoms with Crippen LogP contribution in [0.15, 0.2) is 24.4 Å². The number of carbonyl (C=O) groups excluding carboxylic acids is 1. The van der Waals surface area contributed by atoms with Crippen LogP contribution in [0.4, 0.5) is 5.82 Å². The third-order valence-corrected chi connectivity index (χ3v) is 7.01. The van der Waals surface area contributed by atoms with E-state index in [-0.39, 0.29) is 11.8 Å². The summed E-state index contributed by atoms with van der Waals surface area (Å²) in [5, 5.41) is 7.68. The first-order valence-electron chi connectivity index (χ1n) is 11.3. The smallest absolute Gasteiger partial charge is 0.228 e. The van der Waals surface area contributed by atoms with Crippen LogP contribution in [0.5, 0.6) is 5.75 Å². The number of ether oxygens (including phenoxy) is 1. The molecule has 1 aliphatic heterocycles. The van der Waals surface area contributed by atoms with Gasteiger partial charge in [0.1, 0.15) is 11.6 Å². The number of anilines is 1. The monoisotopic (exact) mass is 410 g/mol. The maximum Gasteiger partial charge on any atom is 0.228 e. The number of nitrogens with zero attached hydrogens (tertiary/aromatic N) is 3. The van der Waals surface area contributed by atoms with Gasteiger partial charge in [-0.05, 0) is 62.3 Å². The molecule has 2 fully saturated rings. The molecular formula is C24H34N4O2. The Hall–Kier alpha value is -2.34. The molecule has 30 heavy (non-hydrogen) atoms. The number of rotatable bonds is 6. The maximum absolute atomic E-state index is 12.5. The second-order valence-electron chi connectivity index (χ2n) is 8.82. The van der Waals surface area contributed by atoms with Crippen molar-refractivity contribution in [2.45, 2.75) is 65.0 Å². The first-order valence-corrected chi connectivity index (χ1v) is 11.3. The van der Waals surface area contributed by atoms with Crippen LogP contribution in [0.25, 0.3) is 0 Å². The number of hydrogen-bond acceptors (Lipinski definition) is 4. The standard InChI is InChI=1S/C24H34N4O2/c1-17-18(2)22(30-3)9-8-20(17)16-27-14-11-21(12-15-27)28-23(10-13-25-28)26-24(29)19-6-4-5-7-19/h8-10,13,19,21H,4-7,11-12,14-16H2,1-3H3,(H,26,29). The van der Waals surface area contributed by atoms with E-state index >= 15 is 0 Å². The molecule has 0 spiro atoms. The van der Waals surface area contributed by atoms with Gasteiger partial charge in [-0.15, -0.1) is 0 Å². The van der Waals surface area contributed by atoms with E-state index in [0.717, 1.165) is 56.9 Å². The average molecular weight is 411 g/mol. The van der Waals surface area contributed by atoms with E-state index in [4.69, 9.17) is 4.74 Å². The summed E-state index contributed by atoms with van der Waals surface area (Å²) in [4.78, 5) is 15.1. The van der Waals surface area contributed by atoms with Gasteiger partial charge in [0.2, 0.25) is 5.91 Å². The number of likely N-dealkylation sites (tertiary alicyclic amines) is 1. The SMILES string of the molecule is COc1ccc(CN2CCC(n3nccc3NC(=O)C3CCCC3)CC2)c(C)c1C. The number of hydrogen-bond donors (Lipinski definition) is 1. The van der Waals surface area contributed by atoms with Crippen molar-refractivity contribution in [3.63, 3.8) is 0 Å². The molecule has 0 radical (unpaired) electrons. The molecule has 1 aliphatic carbocycles. The van der Waals surface area contributed by atoms with Gasteiger partial charge in [0, 0.05) is 31.6 Å². The second kappa shape index (κ2) is 9.21. The molecule has 2 aliphatic rings. The lowest BCUT2D eigenvalue weighted by atomic mass is 10.00. The number of benzene rings is 1. The molecule has 4 rings (SSSR count). The topological polar surface area (TPSA) is 59.4 Å². The van der Waals surface area contributed by atoms with Crippen LogP contribution in [-0.2, 0) is 11.3 Å². The van der Waals surface area contributed by atoms with Crippen LogP contribution in [0.2, 0.25) is 0 Å². The average Bonchev–Trinajstić information content (AvgIpc) is 3.44. The van der Waals surface area contributed by atoms with Gasteiger partial charge in [-0.3, -0.25) is 9.69 Å². The van der Waals surface area contributed by atoms with E-state index in [1.807, 2.05) is 10.7 Å². The van der Waals surface area contributed by atoms with E-state index < -0.39 is 0 Å². The predicted octanol–water partition coefficient (Wildman–Crippen LogP) is 4.47. The van der Waals surface area contributed by atoms with Gasteiger partial charge < -0.3 is 10.1 Å². The molecule has 0 unspecified atom stereocenters. The van der Waals surface area contributed by atoms with Gasteiger partial charge >= 0.3 is 0 Å². The molecule has 2 heterocycles. The number of piperidine rings is 1. The highest BCUT2D eigenvalue weighted by molar-refractivity contribution is 5.91. The largest absolute Gasteiger partial charge is 0.496 e. The lowest BCUT2D eigenvalue weighted by Gasteiger charge is -2.33. The summed E-state index contributed by atoms with van der Waals surface area (Å²) in [5.74, 6) is 2.15. The molecule has 6 nitrogen and oxygen atoms in total. The first-order chi connectivity index (χ1) is 14.6. The number of aromatic nitrogens is 2. The lowest BCUT2D eigenvalue weighted by Crippen LogP contribution is -2.35. The number of nitrogens with one attached hydrogen (secondary N) is 1. The van der Waals surface area contributed by atoms with Crippen molar-refractivity contribution in [1.82, 2.24) is 14.7 Å². The van der Waals surface area contributed by atoms with Gasteiger partial charge in [0.15, 0.2) is 0 Å². The summed E-state index contributed by atoms with van der Waals surface area (Å²) in [5.41, 5.74) is 3.92. The minimum atomic E-state index is 0.164. The molecule has 1 aromatic heterocycles.